The summed E-state index contributed by atoms with van der Waals surface area (Å²) in [5.74, 6) is 0. The molecule has 2 N–H and O–H groups in total. The van der Waals surface area contributed by atoms with Crippen LogP contribution in [-0.4, -0.2) is 30.6 Å². The number of carbonyl (C=O) groups is 1. The molecule has 1 aliphatic rings. The average molecular weight is 281 g/mol. The van der Waals surface area contributed by atoms with Crippen LogP contribution in [0.1, 0.15) is 11.6 Å². The van der Waals surface area contributed by atoms with Gasteiger partial charge < -0.3 is 15.5 Å². The van der Waals surface area contributed by atoms with Crippen molar-refractivity contribution in [2.75, 3.05) is 25.0 Å². The summed E-state index contributed by atoms with van der Waals surface area (Å²) in [6, 6.07) is 20.0. The van der Waals surface area contributed by atoms with Crippen molar-refractivity contribution in [2.45, 2.75) is 6.04 Å². The van der Waals surface area contributed by atoms with Crippen LogP contribution >= 0.6 is 0 Å². The molecule has 2 amide bonds. The van der Waals surface area contributed by atoms with Crippen molar-refractivity contribution < 1.29 is 4.79 Å². The lowest BCUT2D eigenvalue weighted by Gasteiger charge is -2.34. The summed E-state index contributed by atoms with van der Waals surface area (Å²) in [6.07, 6.45) is 0. The smallest absolute Gasteiger partial charge is 0.321 e. The molecule has 1 unspecified atom stereocenters. The second-order valence-electron chi connectivity index (χ2n) is 5.16. The van der Waals surface area contributed by atoms with E-state index in [2.05, 4.69) is 22.8 Å². The first-order chi connectivity index (χ1) is 10.3. The second kappa shape index (κ2) is 6.41. The molecule has 1 aliphatic heterocycles. The summed E-state index contributed by atoms with van der Waals surface area (Å²) in [5, 5.41) is 6.41. The Kier molecular flexibility index (Phi) is 4.17. The topological polar surface area (TPSA) is 44.4 Å². The minimum absolute atomic E-state index is 0.0383. The predicted octanol–water partition coefficient (Wildman–Crippen LogP) is 2.87. The van der Waals surface area contributed by atoms with E-state index in [1.807, 2.05) is 53.4 Å². The SMILES string of the molecule is O=C(Nc1ccccc1)N1CCNC(c2ccccc2)C1. The van der Waals surface area contributed by atoms with Gasteiger partial charge in [-0.15, -0.1) is 0 Å². The fraction of sp³-hybridized carbons (Fsp3) is 0.235. The van der Waals surface area contributed by atoms with Gasteiger partial charge in [-0.1, -0.05) is 48.5 Å². The molecule has 0 spiro atoms. The van der Waals surface area contributed by atoms with Gasteiger partial charge in [0.05, 0.1) is 6.04 Å². The number of nitrogens with one attached hydrogen (secondary N) is 2. The number of piperazine rings is 1. The van der Waals surface area contributed by atoms with E-state index in [4.69, 9.17) is 0 Å². The zero-order valence-electron chi connectivity index (χ0n) is 11.8. The standard InChI is InChI=1S/C17H19N3O/c21-17(19-15-9-5-2-6-10-15)20-12-11-18-16(13-20)14-7-3-1-4-8-14/h1-10,16,18H,11-13H2,(H,19,21). The Morgan fingerprint density at radius 3 is 2.43 bits per heavy atom. The minimum atomic E-state index is -0.0383. The van der Waals surface area contributed by atoms with Gasteiger partial charge in [0.15, 0.2) is 0 Å². The molecule has 0 aromatic heterocycles. The van der Waals surface area contributed by atoms with Gasteiger partial charge in [0, 0.05) is 25.3 Å². The number of urea groups is 1. The zero-order valence-corrected chi connectivity index (χ0v) is 11.8. The molecule has 2 aromatic carbocycles. The van der Waals surface area contributed by atoms with E-state index in [0.717, 1.165) is 18.8 Å². The van der Waals surface area contributed by atoms with Crippen LogP contribution in [-0.2, 0) is 0 Å². The number of hydrogen-bond acceptors (Lipinski definition) is 2. The molecular weight excluding hydrogens is 262 g/mol. The lowest BCUT2D eigenvalue weighted by atomic mass is 10.0. The van der Waals surface area contributed by atoms with Gasteiger partial charge in [0.1, 0.15) is 0 Å². The maximum atomic E-state index is 12.3. The molecule has 0 saturated carbocycles. The molecule has 108 valence electrons. The third kappa shape index (κ3) is 3.41. The molecule has 1 atom stereocenters. The van der Waals surface area contributed by atoms with Crippen molar-refractivity contribution >= 4 is 11.7 Å². The molecule has 3 rings (SSSR count). The van der Waals surface area contributed by atoms with Crippen molar-refractivity contribution in [3.05, 3.63) is 66.2 Å². The zero-order chi connectivity index (χ0) is 14.5. The van der Waals surface area contributed by atoms with Crippen LogP contribution in [0.5, 0.6) is 0 Å². The molecule has 0 aliphatic carbocycles. The number of para-hydroxylation sites is 1. The molecule has 4 nitrogen and oxygen atoms in total. The van der Waals surface area contributed by atoms with E-state index >= 15 is 0 Å². The van der Waals surface area contributed by atoms with Crippen LogP contribution in [0.3, 0.4) is 0 Å². The highest BCUT2D eigenvalue weighted by molar-refractivity contribution is 5.89. The Labute approximate surface area is 124 Å². The van der Waals surface area contributed by atoms with E-state index in [9.17, 15) is 4.79 Å². The van der Waals surface area contributed by atoms with E-state index in [1.165, 1.54) is 5.56 Å². The normalized spacial score (nSPS) is 18.3. The van der Waals surface area contributed by atoms with Crippen LogP contribution in [0, 0.1) is 0 Å². The first-order valence-electron chi connectivity index (χ1n) is 7.22. The monoisotopic (exact) mass is 281 g/mol. The number of benzene rings is 2. The van der Waals surface area contributed by atoms with Crippen LogP contribution in [0.25, 0.3) is 0 Å². The fourth-order valence-electron chi connectivity index (χ4n) is 2.57. The molecule has 21 heavy (non-hydrogen) atoms. The van der Waals surface area contributed by atoms with Gasteiger partial charge in [0.25, 0.3) is 0 Å². The lowest BCUT2D eigenvalue weighted by Crippen LogP contribution is -2.49. The second-order valence-corrected chi connectivity index (χ2v) is 5.16. The Hall–Kier alpha value is -2.33. The fourth-order valence-corrected chi connectivity index (χ4v) is 2.57. The van der Waals surface area contributed by atoms with Crippen LogP contribution < -0.4 is 10.6 Å². The van der Waals surface area contributed by atoms with E-state index < -0.39 is 0 Å². The van der Waals surface area contributed by atoms with Gasteiger partial charge in [-0.2, -0.15) is 0 Å². The van der Waals surface area contributed by atoms with Crippen molar-refractivity contribution in [2.24, 2.45) is 0 Å². The van der Waals surface area contributed by atoms with E-state index in [0.29, 0.717) is 6.54 Å². The summed E-state index contributed by atoms with van der Waals surface area (Å²) in [7, 11) is 0. The largest absolute Gasteiger partial charge is 0.321 e. The highest BCUT2D eigenvalue weighted by atomic mass is 16.2. The molecule has 4 heteroatoms. The lowest BCUT2D eigenvalue weighted by molar-refractivity contribution is 0.190. The van der Waals surface area contributed by atoms with Crippen LogP contribution in [0.2, 0.25) is 0 Å². The first-order valence-corrected chi connectivity index (χ1v) is 7.22. The van der Waals surface area contributed by atoms with Crippen molar-refractivity contribution in [1.29, 1.82) is 0 Å². The van der Waals surface area contributed by atoms with Crippen molar-refractivity contribution in [3.8, 4) is 0 Å². The number of anilines is 1. The summed E-state index contributed by atoms with van der Waals surface area (Å²) in [6.45, 7) is 2.21. The molecule has 0 radical (unpaired) electrons. The minimum Gasteiger partial charge on any atom is -0.321 e. The summed E-state index contributed by atoms with van der Waals surface area (Å²) >= 11 is 0. The summed E-state index contributed by atoms with van der Waals surface area (Å²) in [4.78, 5) is 14.2. The molecule has 0 bridgehead atoms. The highest BCUT2D eigenvalue weighted by Crippen LogP contribution is 2.17. The average Bonchev–Trinajstić information content (AvgIpc) is 2.57. The van der Waals surface area contributed by atoms with Crippen LogP contribution in [0.15, 0.2) is 60.7 Å². The third-order valence-corrected chi connectivity index (χ3v) is 3.69. The molecule has 2 aromatic rings. The Morgan fingerprint density at radius 1 is 1.05 bits per heavy atom. The quantitative estimate of drug-likeness (QED) is 0.889. The Balaban J connectivity index is 1.64. The number of rotatable bonds is 2. The molecular formula is C17H19N3O. The van der Waals surface area contributed by atoms with E-state index in [1.54, 1.807) is 0 Å². The molecule has 1 heterocycles. The van der Waals surface area contributed by atoms with E-state index in [-0.39, 0.29) is 12.1 Å². The van der Waals surface area contributed by atoms with Gasteiger partial charge in [-0.3, -0.25) is 0 Å². The van der Waals surface area contributed by atoms with Crippen molar-refractivity contribution in [3.63, 3.8) is 0 Å². The maximum Gasteiger partial charge on any atom is 0.321 e. The predicted molar refractivity (Wildman–Crippen MR) is 84.2 cm³/mol. The number of carbonyl (C=O) groups excluding carboxylic acids is 1. The van der Waals surface area contributed by atoms with Gasteiger partial charge >= 0.3 is 6.03 Å². The number of amides is 2. The van der Waals surface area contributed by atoms with Crippen molar-refractivity contribution in [1.82, 2.24) is 10.2 Å². The molecule has 1 fully saturated rings. The van der Waals surface area contributed by atoms with Gasteiger partial charge in [-0.05, 0) is 17.7 Å². The Bertz CT molecular complexity index is 585. The van der Waals surface area contributed by atoms with Gasteiger partial charge in [0.2, 0.25) is 0 Å². The first kappa shape index (κ1) is 13.6. The summed E-state index contributed by atoms with van der Waals surface area (Å²) < 4.78 is 0. The Morgan fingerprint density at radius 2 is 1.71 bits per heavy atom. The molecule has 1 saturated heterocycles. The highest BCUT2D eigenvalue weighted by Gasteiger charge is 2.24. The van der Waals surface area contributed by atoms with Crippen LogP contribution in [0.4, 0.5) is 10.5 Å². The maximum absolute atomic E-state index is 12.3. The number of nitrogens with zero attached hydrogens (tertiary/aromatic N) is 1. The number of hydrogen-bond donors (Lipinski definition) is 2. The summed E-state index contributed by atoms with van der Waals surface area (Å²) in [5.41, 5.74) is 2.05. The third-order valence-electron chi connectivity index (χ3n) is 3.69. The van der Waals surface area contributed by atoms with Gasteiger partial charge in [-0.25, -0.2) is 4.79 Å².